The molecule has 23 heavy (non-hydrogen) atoms. The minimum absolute atomic E-state index is 0.0987. The fourth-order valence-electron chi connectivity index (χ4n) is 2.42. The minimum atomic E-state index is -0.0987. The van der Waals surface area contributed by atoms with Crippen LogP contribution in [0.15, 0.2) is 42.6 Å². The molecule has 0 saturated carbocycles. The molecule has 1 aromatic carbocycles. The van der Waals surface area contributed by atoms with Crippen LogP contribution in [-0.4, -0.2) is 24.5 Å². The predicted octanol–water partition coefficient (Wildman–Crippen LogP) is 4.13. The standard InChI is InChI=1S/C19H25N3O/c1-4-6-13-22(3)18-14-16(11-12-20-18)19(23)21-17-10-8-7-9-15(17)5-2/h7-12,14H,4-6,13H2,1-3H3,(H,21,23). The highest BCUT2D eigenvalue weighted by Gasteiger charge is 2.11. The van der Waals surface area contributed by atoms with Crippen molar-refractivity contribution in [3.8, 4) is 0 Å². The third-order valence-corrected chi connectivity index (χ3v) is 3.89. The molecule has 4 nitrogen and oxygen atoms in total. The summed E-state index contributed by atoms with van der Waals surface area (Å²) in [5.41, 5.74) is 2.64. The van der Waals surface area contributed by atoms with Crippen molar-refractivity contribution in [2.24, 2.45) is 0 Å². The molecule has 0 bridgehead atoms. The molecule has 0 atom stereocenters. The van der Waals surface area contributed by atoms with Crippen LogP contribution in [0.1, 0.15) is 42.6 Å². The molecule has 0 aliphatic rings. The Balaban J connectivity index is 2.13. The van der Waals surface area contributed by atoms with Crippen LogP contribution in [-0.2, 0) is 6.42 Å². The van der Waals surface area contributed by atoms with Crippen molar-refractivity contribution in [2.75, 3.05) is 23.8 Å². The van der Waals surface area contributed by atoms with E-state index in [1.54, 1.807) is 12.3 Å². The number of hydrogen-bond donors (Lipinski definition) is 1. The van der Waals surface area contributed by atoms with E-state index in [-0.39, 0.29) is 5.91 Å². The largest absolute Gasteiger partial charge is 0.360 e. The second-order valence-electron chi connectivity index (χ2n) is 5.64. The zero-order chi connectivity index (χ0) is 16.7. The Morgan fingerprint density at radius 1 is 1.22 bits per heavy atom. The summed E-state index contributed by atoms with van der Waals surface area (Å²) in [6.45, 7) is 5.18. The number of aryl methyl sites for hydroxylation is 1. The van der Waals surface area contributed by atoms with E-state index in [9.17, 15) is 4.79 Å². The van der Waals surface area contributed by atoms with Gasteiger partial charge in [-0.1, -0.05) is 38.5 Å². The lowest BCUT2D eigenvalue weighted by Gasteiger charge is -2.18. The quantitative estimate of drug-likeness (QED) is 0.836. The molecule has 0 spiro atoms. The molecular formula is C19H25N3O. The van der Waals surface area contributed by atoms with Crippen molar-refractivity contribution < 1.29 is 4.79 Å². The molecule has 0 aliphatic heterocycles. The van der Waals surface area contributed by atoms with Gasteiger partial charge in [-0.25, -0.2) is 4.98 Å². The fraction of sp³-hybridized carbons (Fsp3) is 0.368. The number of carbonyl (C=O) groups is 1. The number of para-hydroxylation sites is 1. The van der Waals surface area contributed by atoms with Gasteiger partial charge in [0, 0.05) is 31.0 Å². The average molecular weight is 311 g/mol. The van der Waals surface area contributed by atoms with Crippen molar-refractivity contribution >= 4 is 17.4 Å². The first kappa shape index (κ1) is 17.0. The Bertz CT molecular complexity index is 655. The predicted molar refractivity (Wildman–Crippen MR) is 96.2 cm³/mol. The Morgan fingerprint density at radius 3 is 2.74 bits per heavy atom. The van der Waals surface area contributed by atoms with Crippen molar-refractivity contribution in [1.82, 2.24) is 4.98 Å². The van der Waals surface area contributed by atoms with Gasteiger partial charge in [0.1, 0.15) is 5.82 Å². The van der Waals surface area contributed by atoms with Gasteiger partial charge in [0.2, 0.25) is 0 Å². The number of pyridine rings is 1. The summed E-state index contributed by atoms with van der Waals surface area (Å²) in [6.07, 6.45) is 4.83. The molecule has 122 valence electrons. The number of nitrogens with one attached hydrogen (secondary N) is 1. The molecule has 0 aliphatic carbocycles. The van der Waals surface area contributed by atoms with Gasteiger partial charge in [0.05, 0.1) is 0 Å². The van der Waals surface area contributed by atoms with Gasteiger partial charge in [-0.2, -0.15) is 0 Å². The lowest BCUT2D eigenvalue weighted by atomic mass is 10.1. The highest BCUT2D eigenvalue weighted by Crippen LogP contribution is 2.18. The van der Waals surface area contributed by atoms with E-state index in [4.69, 9.17) is 0 Å². The number of aromatic nitrogens is 1. The Morgan fingerprint density at radius 2 is 2.00 bits per heavy atom. The van der Waals surface area contributed by atoms with Gasteiger partial charge in [-0.3, -0.25) is 4.79 Å². The number of amides is 1. The SMILES string of the molecule is CCCCN(C)c1cc(C(=O)Nc2ccccc2CC)ccn1. The molecule has 2 aromatic rings. The maximum atomic E-state index is 12.5. The van der Waals surface area contributed by atoms with Crippen LogP contribution in [0.5, 0.6) is 0 Å². The summed E-state index contributed by atoms with van der Waals surface area (Å²) < 4.78 is 0. The number of anilines is 2. The number of rotatable bonds is 7. The number of nitrogens with zero attached hydrogens (tertiary/aromatic N) is 2. The van der Waals surface area contributed by atoms with Gasteiger partial charge in [-0.05, 0) is 36.6 Å². The third-order valence-electron chi connectivity index (χ3n) is 3.89. The van der Waals surface area contributed by atoms with E-state index in [1.807, 2.05) is 37.4 Å². The highest BCUT2D eigenvalue weighted by atomic mass is 16.1. The summed E-state index contributed by atoms with van der Waals surface area (Å²) in [7, 11) is 2.01. The van der Waals surface area contributed by atoms with E-state index in [0.717, 1.165) is 42.9 Å². The monoisotopic (exact) mass is 311 g/mol. The van der Waals surface area contributed by atoms with Crippen molar-refractivity contribution in [3.63, 3.8) is 0 Å². The van der Waals surface area contributed by atoms with Gasteiger partial charge in [0.15, 0.2) is 0 Å². The Hall–Kier alpha value is -2.36. The second kappa shape index (κ2) is 8.32. The van der Waals surface area contributed by atoms with E-state index in [1.165, 1.54) is 0 Å². The maximum Gasteiger partial charge on any atom is 0.255 e. The maximum absolute atomic E-state index is 12.5. The first-order chi connectivity index (χ1) is 11.2. The van der Waals surface area contributed by atoms with Crippen LogP contribution < -0.4 is 10.2 Å². The van der Waals surface area contributed by atoms with E-state index >= 15 is 0 Å². The summed E-state index contributed by atoms with van der Waals surface area (Å²) in [6, 6.07) is 11.5. The Labute approximate surface area is 138 Å². The second-order valence-corrected chi connectivity index (χ2v) is 5.64. The zero-order valence-corrected chi connectivity index (χ0v) is 14.2. The molecule has 1 aromatic heterocycles. The van der Waals surface area contributed by atoms with E-state index < -0.39 is 0 Å². The van der Waals surface area contributed by atoms with Gasteiger partial charge >= 0.3 is 0 Å². The highest BCUT2D eigenvalue weighted by molar-refractivity contribution is 6.05. The first-order valence-corrected chi connectivity index (χ1v) is 8.22. The summed E-state index contributed by atoms with van der Waals surface area (Å²) in [5, 5.41) is 3.00. The van der Waals surface area contributed by atoms with Crippen LogP contribution >= 0.6 is 0 Å². The summed E-state index contributed by atoms with van der Waals surface area (Å²) in [4.78, 5) is 19.0. The fourth-order valence-corrected chi connectivity index (χ4v) is 2.42. The summed E-state index contributed by atoms with van der Waals surface area (Å²) in [5.74, 6) is 0.730. The van der Waals surface area contributed by atoms with Gasteiger partial charge < -0.3 is 10.2 Å². The minimum Gasteiger partial charge on any atom is -0.360 e. The van der Waals surface area contributed by atoms with Crippen LogP contribution in [0.2, 0.25) is 0 Å². The molecule has 2 rings (SSSR count). The van der Waals surface area contributed by atoms with Crippen molar-refractivity contribution in [3.05, 3.63) is 53.7 Å². The van der Waals surface area contributed by atoms with Crippen LogP contribution in [0.25, 0.3) is 0 Å². The molecule has 0 saturated heterocycles. The van der Waals surface area contributed by atoms with Crippen molar-refractivity contribution in [2.45, 2.75) is 33.1 Å². The molecule has 0 fully saturated rings. The molecule has 1 heterocycles. The number of hydrogen-bond acceptors (Lipinski definition) is 3. The number of benzene rings is 1. The van der Waals surface area contributed by atoms with E-state index in [2.05, 4.69) is 29.0 Å². The smallest absolute Gasteiger partial charge is 0.255 e. The van der Waals surface area contributed by atoms with E-state index in [0.29, 0.717) is 5.56 Å². The van der Waals surface area contributed by atoms with Crippen molar-refractivity contribution in [1.29, 1.82) is 0 Å². The third kappa shape index (κ3) is 4.55. The summed E-state index contributed by atoms with van der Waals surface area (Å²) >= 11 is 0. The topological polar surface area (TPSA) is 45.2 Å². The zero-order valence-electron chi connectivity index (χ0n) is 14.2. The number of unbranched alkanes of at least 4 members (excludes halogenated alkanes) is 1. The Kier molecular flexibility index (Phi) is 6.15. The molecule has 1 N–H and O–H groups in total. The first-order valence-electron chi connectivity index (χ1n) is 8.22. The lowest BCUT2D eigenvalue weighted by Crippen LogP contribution is -2.20. The molecule has 1 amide bonds. The van der Waals surface area contributed by atoms with Gasteiger partial charge in [0.25, 0.3) is 5.91 Å². The molecular weight excluding hydrogens is 286 g/mol. The van der Waals surface area contributed by atoms with Gasteiger partial charge in [-0.15, -0.1) is 0 Å². The average Bonchev–Trinajstić information content (AvgIpc) is 2.60. The number of carbonyl (C=O) groups excluding carboxylic acids is 1. The normalized spacial score (nSPS) is 10.4. The van der Waals surface area contributed by atoms with Crippen LogP contribution in [0.3, 0.4) is 0 Å². The molecule has 4 heteroatoms. The molecule has 0 unspecified atom stereocenters. The van der Waals surface area contributed by atoms with Crippen LogP contribution in [0, 0.1) is 0 Å². The lowest BCUT2D eigenvalue weighted by molar-refractivity contribution is 0.102. The molecule has 0 radical (unpaired) electrons. The van der Waals surface area contributed by atoms with Crippen LogP contribution in [0.4, 0.5) is 11.5 Å².